The first-order valence-corrected chi connectivity index (χ1v) is 7.35. The molecule has 0 saturated carbocycles. The first-order chi connectivity index (χ1) is 7.72. The third-order valence-electron chi connectivity index (χ3n) is 2.61. The van der Waals surface area contributed by atoms with Crippen LogP contribution in [-0.2, 0) is 0 Å². The lowest BCUT2D eigenvalue weighted by atomic mass is 10.2. The topological polar surface area (TPSA) is 32.3 Å². The highest BCUT2D eigenvalue weighted by Gasteiger charge is 2.24. The molecule has 2 rings (SSSR count). The average Bonchev–Trinajstić information content (AvgIpc) is 2.65. The van der Waals surface area contributed by atoms with Crippen molar-refractivity contribution in [3.63, 3.8) is 0 Å². The van der Waals surface area contributed by atoms with E-state index in [2.05, 4.69) is 26.1 Å². The molecule has 0 aliphatic carbocycles. The van der Waals surface area contributed by atoms with Crippen molar-refractivity contribution >= 4 is 38.2 Å². The number of fused-ring (bicyclic) bond motifs is 1. The standard InChI is InChI=1S/C11H15BrN2OS/c1-8-6-9-10(15)13-7-14(11(9)16-8)5-3-2-4-12/h6H,2-5,7H2,1H3,(H,13,15). The van der Waals surface area contributed by atoms with Gasteiger partial charge in [0, 0.05) is 16.8 Å². The Morgan fingerprint density at radius 1 is 1.56 bits per heavy atom. The fourth-order valence-corrected chi connectivity index (χ4v) is 3.24. The van der Waals surface area contributed by atoms with Gasteiger partial charge in [-0.3, -0.25) is 4.79 Å². The predicted octanol–water partition coefficient (Wildman–Crippen LogP) is 2.74. The van der Waals surface area contributed by atoms with Crippen LogP contribution in [-0.4, -0.2) is 24.5 Å². The van der Waals surface area contributed by atoms with Crippen LogP contribution in [0.25, 0.3) is 0 Å². The van der Waals surface area contributed by atoms with Gasteiger partial charge >= 0.3 is 0 Å². The number of rotatable bonds is 4. The molecule has 0 bridgehead atoms. The van der Waals surface area contributed by atoms with E-state index < -0.39 is 0 Å². The number of amides is 1. The van der Waals surface area contributed by atoms with E-state index in [0.717, 1.165) is 28.9 Å². The number of hydrogen-bond acceptors (Lipinski definition) is 3. The maximum absolute atomic E-state index is 11.6. The van der Waals surface area contributed by atoms with Crippen molar-refractivity contribution in [3.05, 3.63) is 16.5 Å². The van der Waals surface area contributed by atoms with Gasteiger partial charge in [0.15, 0.2) is 0 Å². The molecular formula is C11H15BrN2OS. The van der Waals surface area contributed by atoms with E-state index in [1.807, 2.05) is 13.0 Å². The first kappa shape index (κ1) is 11.9. The Morgan fingerprint density at radius 2 is 2.38 bits per heavy atom. The monoisotopic (exact) mass is 302 g/mol. The summed E-state index contributed by atoms with van der Waals surface area (Å²) in [5.74, 6) is 0.0658. The molecule has 1 amide bonds. The number of unbranched alkanes of at least 4 members (excludes halogenated alkanes) is 1. The Balaban J connectivity index is 2.11. The Morgan fingerprint density at radius 3 is 3.12 bits per heavy atom. The molecule has 0 unspecified atom stereocenters. The summed E-state index contributed by atoms with van der Waals surface area (Å²) < 4.78 is 0. The quantitative estimate of drug-likeness (QED) is 0.685. The maximum Gasteiger partial charge on any atom is 0.255 e. The number of alkyl halides is 1. The minimum absolute atomic E-state index is 0.0658. The van der Waals surface area contributed by atoms with Gasteiger partial charge in [0.2, 0.25) is 0 Å². The largest absolute Gasteiger partial charge is 0.345 e. The minimum Gasteiger partial charge on any atom is -0.345 e. The fourth-order valence-electron chi connectivity index (χ4n) is 1.81. The highest BCUT2D eigenvalue weighted by molar-refractivity contribution is 9.09. The van der Waals surface area contributed by atoms with Crippen molar-refractivity contribution in [1.29, 1.82) is 0 Å². The smallest absolute Gasteiger partial charge is 0.255 e. The third kappa shape index (κ3) is 2.40. The molecule has 0 radical (unpaired) electrons. The van der Waals surface area contributed by atoms with E-state index in [9.17, 15) is 4.79 Å². The molecule has 0 spiro atoms. The van der Waals surface area contributed by atoms with Crippen molar-refractivity contribution in [2.24, 2.45) is 0 Å². The van der Waals surface area contributed by atoms with Crippen molar-refractivity contribution in [1.82, 2.24) is 5.32 Å². The van der Waals surface area contributed by atoms with Gasteiger partial charge in [-0.2, -0.15) is 0 Å². The zero-order chi connectivity index (χ0) is 11.5. The lowest BCUT2D eigenvalue weighted by molar-refractivity contribution is 0.0948. The van der Waals surface area contributed by atoms with Crippen LogP contribution in [0.1, 0.15) is 28.1 Å². The Hall–Kier alpha value is -0.550. The number of nitrogens with zero attached hydrogens (tertiary/aromatic N) is 1. The van der Waals surface area contributed by atoms with Gasteiger partial charge in [-0.25, -0.2) is 0 Å². The van der Waals surface area contributed by atoms with Crippen LogP contribution in [0.5, 0.6) is 0 Å². The number of aryl methyl sites for hydroxylation is 1. The summed E-state index contributed by atoms with van der Waals surface area (Å²) in [5.41, 5.74) is 0.840. The second kappa shape index (κ2) is 5.19. The molecule has 1 aliphatic heterocycles. The zero-order valence-electron chi connectivity index (χ0n) is 9.25. The second-order valence-corrected chi connectivity index (χ2v) is 5.93. The maximum atomic E-state index is 11.6. The summed E-state index contributed by atoms with van der Waals surface area (Å²) in [7, 11) is 0. The van der Waals surface area contributed by atoms with Crippen LogP contribution in [0, 0.1) is 6.92 Å². The summed E-state index contributed by atoms with van der Waals surface area (Å²) >= 11 is 5.15. The van der Waals surface area contributed by atoms with Crippen LogP contribution in [0.4, 0.5) is 5.00 Å². The molecular weight excluding hydrogens is 288 g/mol. The highest BCUT2D eigenvalue weighted by Crippen LogP contribution is 2.33. The molecule has 1 aromatic rings. The summed E-state index contributed by atoms with van der Waals surface area (Å²) in [4.78, 5) is 15.1. The summed E-state index contributed by atoms with van der Waals surface area (Å²) in [6.45, 7) is 3.71. The number of nitrogens with one attached hydrogen (secondary N) is 1. The van der Waals surface area contributed by atoms with E-state index in [4.69, 9.17) is 0 Å². The molecule has 16 heavy (non-hydrogen) atoms. The van der Waals surface area contributed by atoms with Gasteiger partial charge in [0.25, 0.3) is 5.91 Å². The summed E-state index contributed by atoms with van der Waals surface area (Å²) in [6, 6.07) is 1.98. The Bertz CT molecular complexity index is 391. The number of halogens is 1. The SMILES string of the molecule is Cc1cc2c(s1)N(CCCCBr)CNC2=O. The zero-order valence-corrected chi connectivity index (χ0v) is 11.7. The lowest BCUT2D eigenvalue weighted by Crippen LogP contribution is -2.43. The third-order valence-corrected chi connectivity index (χ3v) is 4.28. The molecule has 0 fully saturated rings. The number of carbonyl (C=O) groups is 1. The fraction of sp³-hybridized carbons (Fsp3) is 0.545. The van der Waals surface area contributed by atoms with Gasteiger partial charge in [-0.15, -0.1) is 11.3 Å². The normalized spacial score (nSPS) is 14.9. The van der Waals surface area contributed by atoms with E-state index in [-0.39, 0.29) is 5.91 Å². The lowest BCUT2D eigenvalue weighted by Gasteiger charge is -2.28. The van der Waals surface area contributed by atoms with E-state index >= 15 is 0 Å². The van der Waals surface area contributed by atoms with E-state index in [1.165, 1.54) is 11.3 Å². The Kier molecular flexibility index (Phi) is 3.86. The van der Waals surface area contributed by atoms with Crippen LogP contribution in [0.15, 0.2) is 6.07 Å². The molecule has 88 valence electrons. The number of hydrogen-bond donors (Lipinski definition) is 1. The molecule has 0 saturated heterocycles. The highest BCUT2D eigenvalue weighted by atomic mass is 79.9. The van der Waals surface area contributed by atoms with Gasteiger partial charge in [0.05, 0.1) is 12.2 Å². The second-order valence-electron chi connectivity index (χ2n) is 3.90. The minimum atomic E-state index is 0.0658. The van der Waals surface area contributed by atoms with Gasteiger partial charge in [0.1, 0.15) is 5.00 Å². The number of anilines is 1. The van der Waals surface area contributed by atoms with Crippen molar-refractivity contribution < 1.29 is 4.79 Å². The van der Waals surface area contributed by atoms with Gasteiger partial charge in [-0.05, 0) is 25.8 Å². The molecule has 1 aromatic heterocycles. The van der Waals surface area contributed by atoms with Crippen molar-refractivity contribution in [2.45, 2.75) is 19.8 Å². The van der Waals surface area contributed by atoms with Gasteiger partial charge < -0.3 is 10.2 Å². The van der Waals surface area contributed by atoms with E-state index in [1.54, 1.807) is 11.3 Å². The van der Waals surface area contributed by atoms with E-state index in [0.29, 0.717) is 6.67 Å². The average molecular weight is 303 g/mol. The van der Waals surface area contributed by atoms with Gasteiger partial charge in [-0.1, -0.05) is 15.9 Å². The first-order valence-electron chi connectivity index (χ1n) is 5.42. The molecule has 2 heterocycles. The van der Waals surface area contributed by atoms with Crippen molar-refractivity contribution in [2.75, 3.05) is 23.4 Å². The predicted molar refractivity (Wildman–Crippen MR) is 71.8 cm³/mol. The Labute approximate surface area is 108 Å². The number of thiophene rings is 1. The molecule has 5 heteroatoms. The molecule has 0 atom stereocenters. The molecule has 0 aromatic carbocycles. The molecule has 1 N–H and O–H groups in total. The molecule has 3 nitrogen and oxygen atoms in total. The van der Waals surface area contributed by atoms with Crippen LogP contribution in [0.3, 0.4) is 0 Å². The molecule has 1 aliphatic rings. The van der Waals surface area contributed by atoms with Crippen LogP contribution < -0.4 is 10.2 Å². The van der Waals surface area contributed by atoms with Crippen LogP contribution >= 0.6 is 27.3 Å². The summed E-state index contributed by atoms with van der Waals surface area (Å²) in [6.07, 6.45) is 2.32. The summed E-state index contributed by atoms with van der Waals surface area (Å²) in [5, 5.41) is 5.09. The van der Waals surface area contributed by atoms with Crippen molar-refractivity contribution in [3.8, 4) is 0 Å². The number of carbonyl (C=O) groups excluding carboxylic acids is 1. The van der Waals surface area contributed by atoms with Crippen LogP contribution in [0.2, 0.25) is 0 Å².